The Morgan fingerprint density at radius 2 is 1.83 bits per heavy atom. The van der Waals surface area contributed by atoms with Gasteiger partial charge in [0.05, 0.1) is 4.90 Å². The van der Waals surface area contributed by atoms with Crippen LogP contribution in [-0.2, 0) is 10.0 Å². The van der Waals surface area contributed by atoms with Gasteiger partial charge in [-0.15, -0.1) is 12.4 Å². The van der Waals surface area contributed by atoms with E-state index < -0.39 is 10.0 Å². The molecule has 1 aromatic rings. The number of likely N-dealkylation sites (N-methyl/N-ethyl adjacent to an activating group) is 1. The topological polar surface area (TPSA) is 58.2 Å². The molecule has 0 atom stereocenters. The van der Waals surface area contributed by atoms with E-state index in [2.05, 4.69) is 10.0 Å². The molecule has 0 bridgehead atoms. The van der Waals surface area contributed by atoms with Crippen molar-refractivity contribution in [1.82, 2.24) is 10.0 Å². The highest BCUT2D eigenvalue weighted by atomic mass is 35.5. The van der Waals surface area contributed by atoms with Crippen LogP contribution in [0.1, 0.15) is 18.1 Å². The Kier molecular flexibility index (Phi) is 7.47. The third kappa shape index (κ3) is 4.94. The number of benzene rings is 1. The van der Waals surface area contributed by atoms with Crippen LogP contribution in [-0.4, -0.2) is 28.1 Å². The molecule has 18 heavy (non-hydrogen) atoms. The van der Waals surface area contributed by atoms with Crippen molar-refractivity contribution in [1.29, 1.82) is 0 Å². The van der Waals surface area contributed by atoms with E-state index >= 15 is 0 Å². The molecule has 1 rings (SSSR count). The van der Waals surface area contributed by atoms with Crippen molar-refractivity contribution in [3.63, 3.8) is 0 Å². The fraction of sp³-hybridized carbons (Fsp3) is 0.500. The first-order chi connectivity index (χ1) is 7.97. The Balaban J connectivity index is 0.00000289. The summed E-state index contributed by atoms with van der Waals surface area (Å²) in [5.74, 6) is 0. The molecule has 0 aromatic heterocycles. The van der Waals surface area contributed by atoms with E-state index in [9.17, 15) is 8.42 Å². The van der Waals surface area contributed by atoms with Gasteiger partial charge in [0.25, 0.3) is 0 Å². The SMILES string of the molecule is CCNCCNS(=O)(=O)c1cc(C)ccc1C.Cl. The highest BCUT2D eigenvalue weighted by Crippen LogP contribution is 2.16. The number of halogens is 1. The normalized spacial score (nSPS) is 11.1. The molecule has 1 aromatic carbocycles. The largest absolute Gasteiger partial charge is 0.316 e. The molecule has 0 aliphatic heterocycles. The summed E-state index contributed by atoms with van der Waals surface area (Å²) >= 11 is 0. The summed E-state index contributed by atoms with van der Waals surface area (Å²) in [5.41, 5.74) is 1.72. The third-order valence-corrected chi connectivity index (χ3v) is 4.08. The lowest BCUT2D eigenvalue weighted by Gasteiger charge is -2.10. The van der Waals surface area contributed by atoms with Crippen LogP contribution in [0, 0.1) is 13.8 Å². The number of rotatable bonds is 6. The van der Waals surface area contributed by atoms with Crippen molar-refractivity contribution in [2.75, 3.05) is 19.6 Å². The molecule has 6 heteroatoms. The van der Waals surface area contributed by atoms with Crippen molar-refractivity contribution in [3.05, 3.63) is 29.3 Å². The first-order valence-corrected chi connectivity index (χ1v) is 7.23. The van der Waals surface area contributed by atoms with Gasteiger partial charge in [0, 0.05) is 13.1 Å². The minimum Gasteiger partial charge on any atom is -0.316 e. The van der Waals surface area contributed by atoms with Crippen LogP contribution in [0.15, 0.2) is 23.1 Å². The van der Waals surface area contributed by atoms with Gasteiger partial charge in [0.1, 0.15) is 0 Å². The predicted molar refractivity (Wildman–Crippen MR) is 76.9 cm³/mol. The first kappa shape index (κ1) is 17.4. The Morgan fingerprint density at radius 3 is 2.44 bits per heavy atom. The van der Waals surface area contributed by atoms with Gasteiger partial charge in [-0.05, 0) is 37.6 Å². The van der Waals surface area contributed by atoms with E-state index in [1.54, 1.807) is 13.0 Å². The summed E-state index contributed by atoms with van der Waals surface area (Å²) in [6.07, 6.45) is 0. The minimum absolute atomic E-state index is 0. The first-order valence-electron chi connectivity index (χ1n) is 5.75. The number of hydrogen-bond donors (Lipinski definition) is 2. The van der Waals surface area contributed by atoms with Crippen LogP contribution >= 0.6 is 12.4 Å². The maximum Gasteiger partial charge on any atom is 0.240 e. The molecule has 4 nitrogen and oxygen atoms in total. The Morgan fingerprint density at radius 1 is 1.17 bits per heavy atom. The van der Waals surface area contributed by atoms with Gasteiger partial charge in [-0.25, -0.2) is 13.1 Å². The smallest absolute Gasteiger partial charge is 0.240 e. The van der Waals surface area contributed by atoms with E-state index in [1.165, 1.54) is 0 Å². The quantitative estimate of drug-likeness (QED) is 0.783. The summed E-state index contributed by atoms with van der Waals surface area (Å²) in [5, 5.41) is 3.07. The number of hydrogen-bond acceptors (Lipinski definition) is 3. The zero-order chi connectivity index (χ0) is 12.9. The van der Waals surface area contributed by atoms with Crippen molar-refractivity contribution in [2.24, 2.45) is 0 Å². The number of sulfonamides is 1. The molecule has 0 aliphatic rings. The molecule has 0 fully saturated rings. The van der Waals surface area contributed by atoms with Crippen molar-refractivity contribution < 1.29 is 8.42 Å². The highest BCUT2D eigenvalue weighted by molar-refractivity contribution is 7.89. The van der Waals surface area contributed by atoms with E-state index in [0.717, 1.165) is 17.7 Å². The molecule has 0 heterocycles. The maximum atomic E-state index is 12.0. The monoisotopic (exact) mass is 292 g/mol. The molecule has 0 saturated heterocycles. The average molecular weight is 293 g/mol. The Bertz CT molecular complexity index is 475. The Labute approximate surface area is 116 Å². The highest BCUT2D eigenvalue weighted by Gasteiger charge is 2.15. The van der Waals surface area contributed by atoms with E-state index in [-0.39, 0.29) is 12.4 Å². The molecule has 0 aliphatic carbocycles. The van der Waals surface area contributed by atoms with Crippen LogP contribution in [0.25, 0.3) is 0 Å². The van der Waals surface area contributed by atoms with Crippen molar-refractivity contribution in [3.8, 4) is 0 Å². The van der Waals surface area contributed by atoms with E-state index in [4.69, 9.17) is 0 Å². The molecule has 0 spiro atoms. The van der Waals surface area contributed by atoms with Gasteiger partial charge in [0.2, 0.25) is 10.0 Å². The average Bonchev–Trinajstić information content (AvgIpc) is 2.28. The molecular weight excluding hydrogens is 272 g/mol. The maximum absolute atomic E-state index is 12.0. The fourth-order valence-electron chi connectivity index (χ4n) is 1.53. The lowest BCUT2D eigenvalue weighted by atomic mass is 10.2. The molecule has 0 amide bonds. The lowest BCUT2D eigenvalue weighted by molar-refractivity contribution is 0.576. The summed E-state index contributed by atoms with van der Waals surface area (Å²) in [6.45, 7) is 7.56. The van der Waals surface area contributed by atoms with Gasteiger partial charge < -0.3 is 5.32 Å². The zero-order valence-corrected chi connectivity index (χ0v) is 12.6. The van der Waals surface area contributed by atoms with Crippen LogP contribution in [0.5, 0.6) is 0 Å². The molecule has 2 N–H and O–H groups in total. The second-order valence-corrected chi connectivity index (χ2v) is 5.76. The van der Waals surface area contributed by atoms with Crippen LogP contribution in [0.2, 0.25) is 0 Å². The Hall–Kier alpha value is -0.620. The summed E-state index contributed by atoms with van der Waals surface area (Å²) < 4.78 is 26.6. The van der Waals surface area contributed by atoms with Crippen molar-refractivity contribution >= 4 is 22.4 Å². The minimum atomic E-state index is -3.38. The summed E-state index contributed by atoms with van der Waals surface area (Å²) in [4.78, 5) is 0.369. The number of aryl methyl sites for hydroxylation is 2. The molecule has 0 saturated carbocycles. The summed E-state index contributed by atoms with van der Waals surface area (Å²) in [7, 11) is -3.38. The van der Waals surface area contributed by atoms with Crippen LogP contribution < -0.4 is 10.0 Å². The molecule has 104 valence electrons. The van der Waals surface area contributed by atoms with Crippen LogP contribution in [0.4, 0.5) is 0 Å². The van der Waals surface area contributed by atoms with E-state index in [1.807, 2.05) is 26.0 Å². The van der Waals surface area contributed by atoms with Gasteiger partial charge in [-0.1, -0.05) is 19.1 Å². The third-order valence-electron chi connectivity index (χ3n) is 2.48. The second-order valence-electron chi connectivity index (χ2n) is 4.02. The fourth-order valence-corrected chi connectivity index (χ4v) is 2.88. The summed E-state index contributed by atoms with van der Waals surface area (Å²) in [6, 6.07) is 5.44. The van der Waals surface area contributed by atoms with Gasteiger partial charge in [-0.2, -0.15) is 0 Å². The van der Waals surface area contributed by atoms with Crippen LogP contribution in [0.3, 0.4) is 0 Å². The van der Waals surface area contributed by atoms with Gasteiger partial charge in [0.15, 0.2) is 0 Å². The molecule has 0 unspecified atom stereocenters. The number of nitrogens with one attached hydrogen (secondary N) is 2. The van der Waals surface area contributed by atoms with Gasteiger partial charge in [-0.3, -0.25) is 0 Å². The standard InChI is InChI=1S/C12H20N2O2S.ClH/c1-4-13-7-8-14-17(15,16)12-9-10(2)5-6-11(12)3;/h5-6,9,13-14H,4,7-8H2,1-3H3;1H. The second kappa shape index (κ2) is 7.74. The lowest BCUT2D eigenvalue weighted by Crippen LogP contribution is -2.32. The molecule has 0 radical (unpaired) electrons. The van der Waals surface area contributed by atoms with Gasteiger partial charge >= 0.3 is 0 Å². The van der Waals surface area contributed by atoms with Crippen molar-refractivity contribution in [2.45, 2.75) is 25.7 Å². The molecular formula is C12H21ClN2O2S. The predicted octanol–water partition coefficient (Wildman–Crippen LogP) is 1.61. The zero-order valence-electron chi connectivity index (χ0n) is 11.0. The van der Waals surface area contributed by atoms with E-state index in [0.29, 0.717) is 18.0 Å².